The Hall–Kier alpha value is -3.58. The van der Waals surface area contributed by atoms with Crippen LogP contribution in [0.4, 0.5) is 0 Å². The SMILES string of the molecule is c1cc(-c2ccc3c(c2)OCO3)n2nc(Cc3ccc(OCCN4CCCC4)cc3)nc2c1. The van der Waals surface area contributed by atoms with Crippen LogP contribution in [-0.2, 0) is 6.42 Å². The number of likely N-dealkylation sites (tertiary alicyclic amines) is 1. The van der Waals surface area contributed by atoms with Crippen molar-refractivity contribution in [3.05, 3.63) is 72.1 Å². The minimum absolute atomic E-state index is 0.263. The summed E-state index contributed by atoms with van der Waals surface area (Å²) in [6, 6.07) is 20.2. The third-order valence-corrected chi connectivity index (χ3v) is 6.23. The van der Waals surface area contributed by atoms with Gasteiger partial charge in [0.25, 0.3) is 0 Å². The van der Waals surface area contributed by atoms with Gasteiger partial charge in [-0.2, -0.15) is 5.10 Å². The smallest absolute Gasteiger partial charge is 0.231 e. The van der Waals surface area contributed by atoms with E-state index in [1.54, 1.807) is 0 Å². The molecule has 4 heterocycles. The number of aromatic nitrogens is 3. The Morgan fingerprint density at radius 2 is 1.76 bits per heavy atom. The standard InChI is InChI=1S/C26H26N4O3/c1-2-13-29(12-1)14-15-31-21-9-6-19(7-10-21)16-25-27-26-5-3-4-22(30(26)28-25)20-8-11-23-24(17-20)33-18-32-23/h3-11,17H,1-2,12-16,18H2. The molecule has 6 rings (SSSR count). The van der Waals surface area contributed by atoms with E-state index in [0.717, 1.165) is 58.7 Å². The van der Waals surface area contributed by atoms with Crippen LogP contribution in [0.15, 0.2) is 60.7 Å². The molecule has 0 unspecified atom stereocenters. The number of hydrogen-bond acceptors (Lipinski definition) is 6. The number of nitrogens with zero attached hydrogens (tertiary/aromatic N) is 4. The molecular weight excluding hydrogens is 416 g/mol. The molecule has 1 saturated heterocycles. The molecule has 33 heavy (non-hydrogen) atoms. The molecule has 2 aromatic heterocycles. The average molecular weight is 443 g/mol. The summed E-state index contributed by atoms with van der Waals surface area (Å²) in [4.78, 5) is 7.20. The zero-order valence-electron chi connectivity index (χ0n) is 18.4. The second-order valence-electron chi connectivity index (χ2n) is 8.50. The largest absolute Gasteiger partial charge is 0.492 e. The first-order chi connectivity index (χ1) is 16.3. The van der Waals surface area contributed by atoms with Crippen LogP contribution in [0.1, 0.15) is 24.2 Å². The highest BCUT2D eigenvalue weighted by Gasteiger charge is 2.16. The lowest BCUT2D eigenvalue weighted by molar-refractivity contribution is 0.174. The Balaban J connectivity index is 1.16. The highest BCUT2D eigenvalue weighted by molar-refractivity contribution is 5.67. The number of benzene rings is 2. The first-order valence-electron chi connectivity index (χ1n) is 11.5. The zero-order valence-corrected chi connectivity index (χ0v) is 18.4. The number of rotatable bonds is 7. The van der Waals surface area contributed by atoms with Crippen LogP contribution in [0.25, 0.3) is 16.9 Å². The molecule has 1 fully saturated rings. The van der Waals surface area contributed by atoms with Crippen LogP contribution in [0.3, 0.4) is 0 Å². The topological polar surface area (TPSA) is 61.1 Å². The van der Waals surface area contributed by atoms with Crippen molar-refractivity contribution in [2.45, 2.75) is 19.3 Å². The number of fused-ring (bicyclic) bond motifs is 2. The predicted molar refractivity (Wildman–Crippen MR) is 125 cm³/mol. The van der Waals surface area contributed by atoms with Crippen molar-refractivity contribution in [3.8, 4) is 28.5 Å². The summed E-state index contributed by atoms with van der Waals surface area (Å²) >= 11 is 0. The predicted octanol–water partition coefficient (Wildman–Crippen LogP) is 4.19. The van der Waals surface area contributed by atoms with Crippen molar-refractivity contribution in [2.75, 3.05) is 33.0 Å². The van der Waals surface area contributed by atoms with E-state index in [2.05, 4.69) is 17.0 Å². The quantitative estimate of drug-likeness (QED) is 0.428. The Bertz CT molecular complexity index is 1260. The monoisotopic (exact) mass is 442 g/mol. The lowest BCUT2D eigenvalue weighted by atomic mass is 10.1. The van der Waals surface area contributed by atoms with E-state index in [9.17, 15) is 0 Å². The van der Waals surface area contributed by atoms with E-state index in [1.807, 2.05) is 53.0 Å². The van der Waals surface area contributed by atoms with Crippen molar-refractivity contribution in [2.24, 2.45) is 0 Å². The molecule has 0 atom stereocenters. The van der Waals surface area contributed by atoms with E-state index < -0.39 is 0 Å². The van der Waals surface area contributed by atoms with Crippen LogP contribution in [0, 0.1) is 0 Å². The molecule has 168 valence electrons. The van der Waals surface area contributed by atoms with Gasteiger partial charge in [-0.1, -0.05) is 18.2 Å². The molecule has 7 heteroatoms. The molecule has 2 aliphatic heterocycles. The normalized spacial score (nSPS) is 15.4. The Kier molecular flexibility index (Phi) is 5.32. The van der Waals surface area contributed by atoms with Crippen LogP contribution < -0.4 is 14.2 Å². The van der Waals surface area contributed by atoms with Gasteiger partial charge in [-0.05, 0) is 74.0 Å². The molecular formula is C26H26N4O3. The minimum Gasteiger partial charge on any atom is -0.492 e. The molecule has 2 aromatic carbocycles. The number of hydrogen-bond donors (Lipinski definition) is 0. The van der Waals surface area contributed by atoms with Crippen LogP contribution >= 0.6 is 0 Å². The van der Waals surface area contributed by atoms with Gasteiger partial charge in [0.15, 0.2) is 23.0 Å². The van der Waals surface area contributed by atoms with Gasteiger partial charge >= 0.3 is 0 Å². The third kappa shape index (κ3) is 4.24. The molecule has 0 N–H and O–H groups in total. The summed E-state index contributed by atoms with van der Waals surface area (Å²) in [6.45, 7) is 4.39. The van der Waals surface area contributed by atoms with Crippen molar-refractivity contribution >= 4 is 5.65 Å². The summed E-state index contributed by atoms with van der Waals surface area (Å²) in [5.41, 5.74) is 3.95. The summed E-state index contributed by atoms with van der Waals surface area (Å²) in [6.07, 6.45) is 3.28. The maximum atomic E-state index is 5.92. The van der Waals surface area contributed by atoms with E-state index in [-0.39, 0.29) is 6.79 Å². The fourth-order valence-electron chi connectivity index (χ4n) is 4.48. The van der Waals surface area contributed by atoms with Gasteiger partial charge in [0.1, 0.15) is 12.4 Å². The highest BCUT2D eigenvalue weighted by Crippen LogP contribution is 2.35. The van der Waals surface area contributed by atoms with Gasteiger partial charge in [0.05, 0.1) is 5.69 Å². The lowest BCUT2D eigenvalue weighted by Crippen LogP contribution is -2.25. The maximum absolute atomic E-state index is 5.92. The highest BCUT2D eigenvalue weighted by atomic mass is 16.7. The Morgan fingerprint density at radius 3 is 2.64 bits per heavy atom. The van der Waals surface area contributed by atoms with Crippen LogP contribution in [-0.4, -0.2) is 52.5 Å². The Labute approximate surface area is 192 Å². The van der Waals surface area contributed by atoms with Crippen LogP contribution in [0.5, 0.6) is 17.2 Å². The van der Waals surface area contributed by atoms with Crippen molar-refractivity contribution < 1.29 is 14.2 Å². The summed E-state index contributed by atoms with van der Waals surface area (Å²) < 4.78 is 18.8. The molecule has 0 radical (unpaired) electrons. The van der Waals surface area contributed by atoms with Gasteiger partial charge in [-0.15, -0.1) is 0 Å². The number of ether oxygens (including phenoxy) is 3. The van der Waals surface area contributed by atoms with Gasteiger partial charge < -0.3 is 14.2 Å². The molecule has 0 aliphatic carbocycles. The fourth-order valence-corrected chi connectivity index (χ4v) is 4.48. The molecule has 0 saturated carbocycles. The molecule has 0 spiro atoms. The van der Waals surface area contributed by atoms with Gasteiger partial charge in [0.2, 0.25) is 6.79 Å². The second-order valence-corrected chi connectivity index (χ2v) is 8.50. The van der Waals surface area contributed by atoms with E-state index in [0.29, 0.717) is 6.42 Å². The summed E-state index contributed by atoms with van der Waals surface area (Å²) in [7, 11) is 0. The van der Waals surface area contributed by atoms with Crippen LogP contribution in [0.2, 0.25) is 0 Å². The maximum Gasteiger partial charge on any atom is 0.231 e. The third-order valence-electron chi connectivity index (χ3n) is 6.23. The first-order valence-corrected chi connectivity index (χ1v) is 11.5. The van der Waals surface area contributed by atoms with E-state index in [4.69, 9.17) is 24.3 Å². The van der Waals surface area contributed by atoms with E-state index in [1.165, 1.54) is 25.9 Å². The van der Waals surface area contributed by atoms with E-state index >= 15 is 0 Å². The number of pyridine rings is 1. The van der Waals surface area contributed by atoms with Crippen molar-refractivity contribution in [3.63, 3.8) is 0 Å². The average Bonchev–Trinajstić information content (AvgIpc) is 3.60. The molecule has 2 aliphatic rings. The second kappa shape index (κ2) is 8.75. The van der Waals surface area contributed by atoms with Gasteiger partial charge in [0, 0.05) is 18.5 Å². The van der Waals surface area contributed by atoms with Gasteiger partial charge in [-0.3, -0.25) is 4.90 Å². The van der Waals surface area contributed by atoms with Crippen molar-refractivity contribution in [1.29, 1.82) is 0 Å². The summed E-state index contributed by atoms with van der Waals surface area (Å²) in [5, 5.41) is 4.79. The fraction of sp³-hybridized carbons (Fsp3) is 0.308. The molecule has 0 amide bonds. The summed E-state index contributed by atoms with van der Waals surface area (Å²) in [5.74, 6) is 3.22. The lowest BCUT2D eigenvalue weighted by Gasteiger charge is -2.14. The minimum atomic E-state index is 0.263. The first kappa shape index (κ1) is 20.1. The Morgan fingerprint density at radius 1 is 0.909 bits per heavy atom. The van der Waals surface area contributed by atoms with Gasteiger partial charge in [-0.25, -0.2) is 9.50 Å². The molecule has 0 bridgehead atoms. The molecule has 4 aromatic rings. The van der Waals surface area contributed by atoms with Crippen molar-refractivity contribution in [1.82, 2.24) is 19.5 Å². The molecule has 7 nitrogen and oxygen atoms in total. The zero-order chi connectivity index (χ0) is 22.0.